The third-order valence-electron chi connectivity index (χ3n) is 4.58. The standard InChI is InChI=1S/C23H26O7/c1-4-5-20(27-14-23(2)15-28-23)29-18-10-8-17(9-11-18)22(25)30-19-12-6-16(7-13-19)21(24)26-3/h6-13,20H,4-5,14-15H2,1-3H3. The van der Waals surface area contributed by atoms with Gasteiger partial charge in [0.15, 0.2) is 6.29 Å². The molecule has 0 aromatic heterocycles. The van der Waals surface area contributed by atoms with Crippen LogP contribution < -0.4 is 9.47 Å². The van der Waals surface area contributed by atoms with Gasteiger partial charge in [-0.05, 0) is 55.5 Å². The van der Waals surface area contributed by atoms with E-state index in [1.54, 1.807) is 36.4 Å². The van der Waals surface area contributed by atoms with E-state index in [-0.39, 0.29) is 11.9 Å². The summed E-state index contributed by atoms with van der Waals surface area (Å²) in [5, 5.41) is 0. The molecule has 30 heavy (non-hydrogen) atoms. The summed E-state index contributed by atoms with van der Waals surface area (Å²) in [5.74, 6) is -0.0189. The monoisotopic (exact) mass is 414 g/mol. The Morgan fingerprint density at radius 2 is 1.57 bits per heavy atom. The van der Waals surface area contributed by atoms with Gasteiger partial charge in [-0.1, -0.05) is 13.3 Å². The van der Waals surface area contributed by atoms with Gasteiger partial charge in [-0.15, -0.1) is 0 Å². The van der Waals surface area contributed by atoms with Crippen LogP contribution in [-0.4, -0.2) is 44.2 Å². The Hall–Kier alpha value is -2.90. The molecule has 0 amide bonds. The van der Waals surface area contributed by atoms with E-state index in [1.807, 2.05) is 6.92 Å². The zero-order chi connectivity index (χ0) is 21.6. The van der Waals surface area contributed by atoms with Gasteiger partial charge in [0.1, 0.15) is 17.1 Å². The average molecular weight is 414 g/mol. The first-order valence-electron chi connectivity index (χ1n) is 9.85. The molecule has 0 bridgehead atoms. The summed E-state index contributed by atoms with van der Waals surface area (Å²) >= 11 is 0. The van der Waals surface area contributed by atoms with Crippen molar-refractivity contribution in [3.63, 3.8) is 0 Å². The molecule has 1 fully saturated rings. The highest BCUT2D eigenvalue weighted by molar-refractivity contribution is 5.92. The predicted molar refractivity (Wildman–Crippen MR) is 109 cm³/mol. The maximum atomic E-state index is 12.4. The van der Waals surface area contributed by atoms with Crippen LogP contribution in [0.3, 0.4) is 0 Å². The topological polar surface area (TPSA) is 83.6 Å². The fourth-order valence-electron chi connectivity index (χ4n) is 2.65. The molecular formula is C23H26O7. The SMILES string of the molecule is CCCC(OCC1(C)CO1)Oc1ccc(C(=O)Oc2ccc(C(=O)OC)cc2)cc1. The van der Waals surface area contributed by atoms with Crippen LogP contribution in [0.15, 0.2) is 48.5 Å². The fraction of sp³-hybridized carbons (Fsp3) is 0.391. The molecule has 0 radical (unpaired) electrons. The Labute approximate surface area is 175 Å². The number of hydrogen-bond acceptors (Lipinski definition) is 7. The van der Waals surface area contributed by atoms with Crippen molar-refractivity contribution in [3.8, 4) is 11.5 Å². The van der Waals surface area contributed by atoms with Gasteiger partial charge in [-0.2, -0.15) is 0 Å². The van der Waals surface area contributed by atoms with Gasteiger partial charge < -0.3 is 23.7 Å². The van der Waals surface area contributed by atoms with Crippen LogP contribution in [0.2, 0.25) is 0 Å². The maximum absolute atomic E-state index is 12.4. The second-order valence-electron chi connectivity index (χ2n) is 7.32. The van der Waals surface area contributed by atoms with Crippen LogP contribution in [0.5, 0.6) is 11.5 Å². The van der Waals surface area contributed by atoms with Crippen LogP contribution in [0.4, 0.5) is 0 Å². The molecule has 2 aromatic carbocycles. The van der Waals surface area contributed by atoms with E-state index < -0.39 is 11.9 Å². The van der Waals surface area contributed by atoms with Gasteiger partial charge in [-0.25, -0.2) is 9.59 Å². The Bertz CT molecular complexity index is 854. The summed E-state index contributed by atoms with van der Waals surface area (Å²) in [5.41, 5.74) is 0.564. The molecule has 0 saturated carbocycles. The normalized spacial score (nSPS) is 18.4. The van der Waals surface area contributed by atoms with Crippen molar-refractivity contribution in [1.29, 1.82) is 0 Å². The molecule has 2 unspecified atom stereocenters. The number of epoxide rings is 1. The Balaban J connectivity index is 1.55. The number of esters is 2. The molecule has 160 valence electrons. The number of rotatable bonds is 10. The van der Waals surface area contributed by atoms with Crippen molar-refractivity contribution in [1.82, 2.24) is 0 Å². The van der Waals surface area contributed by atoms with Crippen LogP contribution in [0, 0.1) is 0 Å². The van der Waals surface area contributed by atoms with Crippen molar-refractivity contribution in [2.45, 2.75) is 38.6 Å². The molecule has 1 heterocycles. The summed E-state index contributed by atoms with van der Waals surface area (Å²) in [7, 11) is 1.31. The molecule has 2 atom stereocenters. The quantitative estimate of drug-likeness (QED) is 0.251. The highest BCUT2D eigenvalue weighted by atomic mass is 16.7. The molecule has 7 nitrogen and oxygen atoms in total. The Morgan fingerprint density at radius 3 is 2.10 bits per heavy atom. The van der Waals surface area contributed by atoms with Crippen LogP contribution in [0.1, 0.15) is 47.4 Å². The highest BCUT2D eigenvalue weighted by Crippen LogP contribution is 2.27. The lowest BCUT2D eigenvalue weighted by Crippen LogP contribution is -2.26. The largest absolute Gasteiger partial charge is 0.465 e. The van der Waals surface area contributed by atoms with Gasteiger partial charge in [0.05, 0.1) is 31.5 Å². The number of hydrogen-bond donors (Lipinski definition) is 0. The molecule has 2 aromatic rings. The zero-order valence-electron chi connectivity index (χ0n) is 17.4. The van der Waals surface area contributed by atoms with Gasteiger partial charge in [0.2, 0.25) is 0 Å². The Kier molecular flexibility index (Phi) is 7.07. The lowest BCUT2D eigenvalue weighted by Gasteiger charge is -2.20. The third kappa shape index (κ3) is 6.05. The van der Waals surface area contributed by atoms with Gasteiger partial charge in [-0.3, -0.25) is 0 Å². The van der Waals surface area contributed by atoms with Crippen LogP contribution in [0.25, 0.3) is 0 Å². The fourth-order valence-corrected chi connectivity index (χ4v) is 2.65. The summed E-state index contributed by atoms with van der Waals surface area (Å²) in [6.45, 7) is 5.25. The number of benzene rings is 2. The molecule has 7 heteroatoms. The third-order valence-corrected chi connectivity index (χ3v) is 4.58. The molecular weight excluding hydrogens is 388 g/mol. The summed E-state index contributed by atoms with van der Waals surface area (Å²) < 4.78 is 27.1. The molecule has 1 aliphatic rings. The van der Waals surface area contributed by atoms with E-state index in [0.29, 0.717) is 35.8 Å². The van der Waals surface area contributed by atoms with E-state index in [1.165, 1.54) is 19.2 Å². The minimum Gasteiger partial charge on any atom is -0.465 e. The number of ether oxygens (including phenoxy) is 5. The van der Waals surface area contributed by atoms with Crippen molar-refractivity contribution >= 4 is 11.9 Å². The number of carbonyl (C=O) groups is 2. The molecule has 3 rings (SSSR count). The van der Waals surface area contributed by atoms with Gasteiger partial charge >= 0.3 is 11.9 Å². The summed E-state index contributed by atoms with van der Waals surface area (Å²) in [4.78, 5) is 23.8. The van der Waals surface area contributed by atoms with Crippen LogP contribution >= 0.6 is 0 Å². The van der Waals surface area contributed by atoms with Crippen molar-refractivity contribution in [2.24, 2.45) is 0 Å². The predicted octanol–water partition coefficient (Wildman–Crippen LogP) is 4.00. The van der Waals surface area contributed by atoms with E-state index >= 15 is 0 Å². The first kappa shape index (κ1) is 21.8. The van der Waals surface area contributed by atoms with Gasteiger partial charge in [0, 0.05) is 6.42 Å². The number of carbonyl (C=O) groups excluding carboxylic acids is 2. The van der Waals surface area contributed by atoms with Crippen LogP contribution in [-0.2, 0) is 14.2 Å². The van der Waals surface area contributed by atoms with E-state index in [0.717, 1.165) is 12.8 Å². The first-order valence-corrected chi connectivity index (χ1v) is 9.85. The first-order chi connectivity index (χ1) is 14.4. The molecule has 1 saturated heterocycles. The minimum absolute atomic E-state index is 0.196. The number of methoxy groups -OCH3 is 1. The minimum atomic E-state index is -0.507. The summed E-state index contributed by atoms with van der Waals surface area (Å²) in [6.07, 6.45) is 1.30. The van der Waals surface area contributed by atoms with Crippen molar-refractivity contribution in [3.05, 3.63) is 59.7 Å². The average Bonchev–Trinajstić information content (AvgIpc) is 3.50. The molecule has 0 aliphatic carbocycles. The highest BCUT2D eigenvalue weighted by Gasteiger charge is 2.40. The van der Waals surface area contributed by atoms with Crippen molar-refractivity contribution in [2.75, 3.05) is 20.3 Å². The van der Waals surface area contributed by atoms with E-state index in [4.69, 9.17) is 18.9 Å². The molecule has 1 aliphatic heterocycles. The van der Waals surface area contributed by atoms with E-state index in [2.05, 4.69) is 11.7 Å². The lowest BCUT2D eigenvalue weighted by molar-refractivity contribution is -0.0977. The smallest absolute Gasteiger partial charge is 0.343 e. The summed E-state index contributed by atoms with van der Waals surface area (Å²) in [6, 6.07) is 12.8. The Morgan fingerprint density at radius 1 is 1.00 bits per heavy atom. The maximum Gasteiger partial charge on any atom is 0.343 e. The van der Waals surface area contributed by atoms with Crippen molar-refractivity contribution < 1.29 is 33.3 Å². The van der Waals surface area contributed by atoms with Gasteiger partial charge in [0.25, 0.3) is 0 Å². The van der Waals surface area contributed by atoms with E-state index in [9.17, 15) is 9.59 Å². The second kappa shape index (κ2) is 9.73. The molecule has 0 spiro atoms. The second-order valence-corrected chi connectivity index (χ2v) is 7.32. The zero-order valence-corrected chi connectivity index (χ0v) is 17.4. The lowest BCUT2D eigenvalue weighted by atomic mass is 10.2. The molecule has 0 N–H and O–H groups in total.